The van der Waals surface area contributed by atoms with E-state index in [9.17, 15) is 14.7 Å². The number of likely N-dealkylation sites (N-methyl/N-ethyl adjacent to an activating group) is 1. The fourth-order valence-corrected chi connectivity index (χ4v) is 3.52. The number of furan rings is 1. The zero-order chi connectivity index (χ0) is 23.0. The second kappa shape index (κ2) is 8.01. The lowest BCUT2D eigenvalue weighted by Crippen LogP contribution is -2.43. The van der Waals surface area contributed by atoms with Crippen molar-refractivity contribution in [3.8, 4) is 0 Å². The maximum atomic E-state index is 12.6. The Hall–Kier alpha value is -3.85. The van der Waals surface area contributed by atoms with Gasteiger partial charge in [0.2, 0.25) is 5.91 Å². The molecule has 5 N–H and O–H groups in total. The summed E-state index contributed by atoms with van der Waals surface area (Å²) in [6.45, 7) is 3.70. The number of nitrogens with two attached hydrogens (primary N) is 1. The van der Waals surface area contributed by atoms with Gasteiger partial charge in [0.05, 0.1) is 18.8 Å². The molecule has 0 spiro atoms. The van der Waals surface area contributed by atoms with Gasteiger partial charge in [-0.05, 0) is 43.7 Å². The molecule has 166 valence electrons. The highest BCUT2D eigenvalue weighted by Crippen LogP contribution is 2.30. The van der Waals surface area contributed by atoms with Gasteiger partial charge in [-0.25, -0.2) is 4.98 Å². The lowest BCUT2D eigenvalue weighted by molar-refractivity contribution is -0.131. The molecule has 2 amide bonds. The molecule has 2 aromatic heterocycles. The summed E-state index contributed by atoms with van der Waals surface area (Å²) in [6, 6.07) is 7.26. The summed E-state index contributed by atoms with van der Waals surface area (Å²) in [5.41, 5.74) is 8.00. The fourth-order valence-electron chi connectivity index (χ4n) is 3.52. The van der Waals surface area contributed by atoms with Gasteiger partial charge in [-0.2, -0.15) is 0 Å². The van der Waals surface area contributed by atoms with Gasteiger partial charge in [0.1, 0.15) is 11.3 Å². The summed E-state index contributed by atoms with van der Waals surface area (Å²) in [5.74, 6) is 0.268. The quantitative estimate of drug-likeness (QED) is 0.365. The molecule has 9 heteroatoms. The number of nitrogens with zero attached hydrogens (tertiary/aromatic N) is 2. The first-order valence-corrected chi connectivity index (χ1v) is 10.1. The van der Waals surface area contributed by atoms with Crippen LogP contribution in [-0.2, 0) is 16.1 Å². The van der Waals surface area contributed by atoms with Crippen LogP contribution in [0.5, 0.6) is 0 Å². The van der Waals surface area contributed by atoms with E-state index < -0.39 is 11.5 Å². The van der Waals surface area contributed by atoms with Gasteiger partial charge in [-0.3, -0.25) is 9.59 Å². The van der Waals surface area contributed by atoms with Crippen molar-refractivity contribution in [1.29, 1.82) is 0 Å². The Bertz CT molecular complexity index is 1240. The van der Waals surface area contributed by atoms with Crippen LogP contribution in [0.3, 0.4) is 0 Å². The minimum absolute atomic E-state index is 0.0454. The second-order valence-electron chi connectivity index (χ2n) is 8.14. The molecule has 0 unspecified atom stereocenters. The summed E-state index contributed by atoms with van der Waals surface area (Å²) >= 11 is 0. The van der Waals surface area contributed by atoms with E-state index in [1.807, 2.05) is 25.1 Å². The standard InChI is InChI=1S/C23H25N5O4/c1-13-18(32-17-6-4-5-15(24)20(13)17)11-28(3)19(29)8-7-14-9-16-21(25-10-14)27-22(30)23(2,31)12-26-16/h4-10,26,31H,11-12,24H2,1-3H3,(H,25,27,30)/b8-7+/t23-/m1/s1. The number of aromatic nitrogens is 1. The van der Waals surface area contributed by atoms with Crippen molar-refractivity contribution < 1.29 is 19.1 Å². The Morgan fingerprint density at radius 1 is 1.44 bits per heavy atom. The molecule has 9 nitrogen and oxygen atoms in total. The minimum atomic E-state index is -1.55. The molecule has 1 aromatic carbocycles. The van der Waals surface area contributed by atoms with E-state index in [-0.39, 0.29) is 12.5 Å². The Labute approximate surface area is 184 Å². The van der Waals surface area contributed by atoms with E-state index in [4.69, 9.17) is 10.2 Å². The van der Waals surface area contributed by atoms with Crippen molar-refractivity contribution in [2.45, 2.75) is 26.0 Å². The van der Waals surface area contributed by atoms with E-state index >= 15 is 0 Å². The topological polar surface area (TPSA) is 134 Å². The van der Waals surface area contributed by atoms with Gasteiger partial charge in [0, 0.05) is 36.0 Å². The van der Waals surface area contributed by atoms with Crippen molar-refractivity contribution in [2.24, 2.45) is 0 Å². The molecule has 1 aliphatic heterocycles. The molecule has 4 rings (SSSR count). The lowest BCUT2D eigenvalue weighted by atomic mass is 10.1. The average molecular weight is 435 g/mol. The number of anilines is 3. The van der Waals surface area contributed by atoms with Crippen LogP contribution in [0.15, 0.2) is 41.0 Å². The lowest BCUT2D eigenvalue weighted by Gasteiger charge is -2.18. The minimum Gasteiger partial charge on any atom is -0.459 e. The molecule has 1 atom stereocenters. The smallest absolute Gasteiger partial charge is 0.259 e. The number of nitrogens with one attached hydrogen (secondary N) is 2. The van der Waals surface area contributed by atoms with Gasteiger partial charge in [0.25, 0.3) is 5.91 Å². The predicted octanol–water partition coefficient (Wildman–Crippen LogP) is 2.51. The molecule has 0 radical (unpaired) electrons. The van der Waals surface area contributed by atoms with Crippen LogP contribution < -0.4 is 16.4 Å². The van der Waals surface area contributed by atoms with Crippen LogP contribution in [0.1, 0.15) is 23.8 Å². The first-order chi connectivity index (χ1) is 15.2. The van der Waals surface area contributed by atoms with Crippen molar-refractivity contribution in [2.75, 3.05) is 30.0 Å². The molecule has 0 aliphatic carbocycles. The third-order valence-electron chi connectivity index (χ3n) is 5.51. The van der Waals surface area contributed by atoms with Crippen molar-refractivity contribution in [3.05, 3.63) is 53.4 Å². The van der Waals surface area contributed by atoms with E-state index in [2.05, 4.69) is 15.6 Å². The molecule has 0 saturated heterocycles. The van der Waals surface area contributed by atoms with E-state index in [0.717, 1.165) is 10.9 Å². The maximum Gasteiger partial charge on any atom is 0.259 e. The van der Waals surface area contributed by atoms with Crippen LogP contribution in [0.25, 0.3) is 17.0 Å². The number of benzene rings is 1. The van der Waals surface area contributed by atoms with Gasteiger partial charge >= 0.3 is 0 Å². The van der Waals surface area contributed by atoms with Crippen molar-refractivity contribution >= 4 is 46.1 Å². The molecule has 0 fully saturated rings. The zero-order valence-electron chi connectivity index (χ0n) is 18.1. The number of aliphatic hydroxyl groups is 1. The number of β-amino-alcohol motifs (C(OH)–C–C–N with tert-alkyl or cyclic N) is 1. The highest BCUT2D eigenvalue weighted by atomic mass is 16.3. The SMILES string of the molecule is Cc1c(CN(C)C(=O)/C=C/c2cnc3c(c2)NC[C@@](C)(O)C(=O)N3)oc2cccc(N)c12. The molecule has 0 bridgehead atoms. The van der Waals surface area contributed by atoms with Gasteiger partial charge in [0.15, 0.2) is 11.4 Å². The summed E-state index contributed by atoms with van der Waals surface area (Å²) in [4.78, 5) is 30.4. The fraction of sp³-hybridized carbons (Fsp3) is 0.261. The van der Waals surface area contributed by atoms with Crippen LogP contribution in [0, 0.1) is 6.92 Å². The van der Waals surface area contributed by atoms with Crippen LogP contribution in [-0.4, -0.2) is 46.0 Å². The number of aryl methyl sites for hydroxylation is 1. The zero-order valence-corrected chi connectivity index (χ0v) is 18.1. The molecule has 0 saturated carbocycles. The van der Waals surface area contributed by atoms with Crippen LogP contribution in [0.2, 0.25) is 0 Å². The maximum absolute atomic E-state index is 12.6. The number of rotatable bonds is 4. The highest BCUT2D eigenvalue weighted by Gasteiger charge is 2.33. The molecule has 1 aliphatic rings. The number of carbonyl (C=O) groups is 2. The third kappa shape index (κ3) is 4.02. The van der Waals surface area contributed by atoms with Crippen molar-refractivity contribution in [3.63, 3.8) is 0 Å². The van der Waals surface area contributed by atoms with Gasteiger partial charge in [-0.1, -0.05) is 6.07 Å². The summed E-state index contributed by atoms with van der Waals surface area (Å²) in [6.07, 6.45) is 4.63. The second-order valence-corrected chi connectivity index (χ2v) is 8.14. The van der Waals surface area contributed by atoms with Crippen LogP contribution >= 0.6 is 0 Å². The largest absolute Gasteiger partial charge is 0.459 e. The molecular weight excluding hydrogens is 410 g/mol. The summed E-state index contributed by atoms with van der Waals surface area (Å²) < 4.78 is 5.89. The number of amides is 2. The molecule has 3 aromatic rings. The third-order valence-corrected chi connectivity index (χ3v) is 5.51. The number of pyridine rings is 1. The van der Waals surface area contributed by atoms with Gasteiger partial charge < -0.3 is 30.8 Å². The Kier molecular flexibility index (Phi) is 5.35. The van der Waals surface area contributed by atoms with Gasteiger partial charge in [-0.15, -0.1) is 0 Å². The Morgan fingerprint density at radius 3 is 2.97 bits per heavy atom. The highest BCUT2D eigenvalue weighted by molar-refractivity contribution is 6.00. The predicted molar refractivity (Wildman–Crippen MR) is 123 cm³/mol. The normalized spacial score (nSPS) is 18.2. The first-order valence-electron chi connectivity index (χ1n) is 10.1. The average Bonchev–Trinajstić information content (AvgIpc) is 3.01. The monoisotopic (exact) mass is 435 g/mol. The van der Waals surface area contributed by atoms with E-state index in [0.29, 0.717) is 40.6 Å². The summed E-state index contributed by atoms with van der Waals surface area (Å²) in [7, 11) is 1.69. The first kappa shape index (κ1) is 21.4. The summed E-state index contributed by atoms with van der Waals surface area (Å²) in [5, 5.41) is 16.6. The Balaban J connectivity index is 1.47. The molecule has 3 heterocycles. The number of carbonyl (C=O) groups excluding carboxylic acids is 2. The number of hydrogen-bond donors (Lipinski definition) is 4. The van der Waals surface area contributed by atoms with Crippen molar-refractivity contribution in [1.82, 2.24) is 9.88 Å². The Morgan fingerprint density at radius 2 is 2.22 bits per heavy atom. The van der Waals surface area contributed by atoms with E-state index in [1.165, 1.54) is 19.2 Å². The van der Waals surface area contributed by atoms with E-state index in [1.54, 1.807) is 24.1 Å². The number of hydrogen-bond acceptors (Lipinski definition) is 7. The number of fused-ring (bicyclic) bond motifs is 2. The molecule has 32 heavy (non-hydrogen) atoms. The van der Waals surface area contributed by atoms with Crippen LogP contribution in [0.4, 0.5) is 17.2 Å². The number of nitrogen functional groups attached to an aromatic ring is 1. The molecular formula is C23H25N5O4.